The van der Waals surface area contributed by atoms with Gasteiger partial charge < -0.3 is 10.2 Å². The minimum absolute atomic E-state index is 0.117. The van der Waals surface area contributed by atoms with E-state index in [1.165, 1.54) is 31.2 Å². The number of nitrogens with one attached hydrogen (secondary N) is 1. The van der Waals surface area contributed by atoms with Crippen LogP contribution < -0.4 is 10.2 Å². The molecule has 0 aliphatic carbocycles. The second-order valence-electron chi connectivity index (χ2n) is 6.56. The van der Waals surface area contributed by atoms with Crippen molar-refractivity contribution in [2.45, 2.75) is 39.5 Å². The van der Waals surface area contributed by atoms with Crippen LogP contribution in [0.25, 0.3) is 0 Å². The lowest BCUT2D eigenvalue weighted by molar-refractivity contribution is 0.102. The summed E-state index contributed by atoms with van der Waals surface area (Å²) in [6.07, 6.45) is 6.97. The van der Waals surface area contributed by atoms with E-state index in [4.69, 9.17) is 0 Å². The van der Waals surface area contributed by atoms with Crippen molar-refractivity contribution in [2.24, 2.45) is 0 Å². The van der Waals surface area contributed by atoms with Gasteiger partial charge in [-0.25, -0.2) is 4.98 Å². The van der Waals surface area contributed by atoms with Crippen LogP contribution in [-0.2, 0) is 0 Å². The lowest BCUT2D eigenvalue weighted by Crippen LogP contribution is -2.24. The average molecular weight is 323 g/mol. The Hall–Kier alpha value is -2.36. The number of hydrogen-bond donors (Lipinski definition) is 1. The Morgan fingerprint density at radius 3 is 2.38 bits per heavy atom. The maximum Gasteiger partial charge on any atom is 0.256 e. The Morgan fingerprint density at radius 2 is 1.75 bits per heavy atom. The predicted molar refractivity (Wildman–Crippen MR) is 98.8 cm³/mol. The monoisotopic (exact) mass is 323 g/mol. The highest BCUT2D eigenvalue weighted by atomic mass is 16.1. The van der Waals surface area contributed by atoms with Gasteiger partial charge in [-0.05, 0) is 62.1 Å². The molecular formula is C20H25N3O. The summed E-state index contributed by atoms with van der Waals surface area (Å²) in [5.74, 6) is 0.477. The third-order valence-electron chi connectivity index (χ3n) is 4.73. The number of rotatable bonds is 3. The molecule has 0 atom stereocenters. The van der Waals surface area contributed by atoms with Gasteiger partial charge in [-0.15, -0.1) is 0 Å². The summed E-state index contributed by atoms with van der Waals surface area (Å²) in [5, 5.41) is 2.88. The van der Waals surface area contributed by atoms with Gasteiger partial charge in [0.15, 0.2) is 0 Å². The van der Waals surface area contributed by atoms with Gasteiger partial charge in [0.25, 0.3) is 5.91 Å². The van der Waals surface area contributed by atoms with Crippen LogP contribution in [0.3, 0.4) is 0 Å². The number of nitrogens with zero attached hydrogens (tertiary/aromatic N) is 2. The Balaban J connectivity index is 1.67. The quantitative estimate of drug-likeness (QED) is 0.914. The predicted octanol–water partition coefficient (Wildman–Crippen LogP) is 4.33. The lowest BCUT2D eigenvalue weighted by atomic mass is 10.1. The summed E-state index contributed by atoms with van der Waals surface area (Å²) in [6.45, 7) is 6.24. The fraction of sp³-hybridized carbons (Fsp3) is 0.400. The summed E-state index contributed by atoms with van der Waals surface area (Å²) in [4.78, 5) is 19.1. The Bertz CT molecular complexity index is 701. The average Bonchev–Trinajstić information content (AvgIpc) is 2.87. The molecule has 2 heterocycles. The number of anilines is 2. The zero-order chi connectivity index (χ0) is 16.9. The van der Waals surface area contributed by atoms with E-state index in [0.717, 1.165) is 24.3 Å². The standard InChI is InChI=1S/C20H25N3O/c1-15-7-8-17(13-16(15)2)20(24)22-19-10-9-18(14-21-19)23-11-5-3-4-6-12-23/h7-10,13-14H,3-6,11-12H2,1-2H3,(H,21,22,24). The van der Waals surface area contributed by atoms with Gasteiger partial charge in [0.1, 0.15) is 5.82 Å². The molecule has 126 valence electrons. The van der Waals surface area contributed by atoms with Crippen molar-refractivity contribution in [3.63, 3.8) is 0 Å². The molecule has 3 rings (SSSR count). The lowest BCUT2D eigenvalue weighted by Gasteiger charge is -2.22. The highest BCUT2D eigenvalue weighted by molar-refractivity contribution is 6.03. The van der Waals surface area contributed by atoms with Gasteiger partial charge in [0, 0.05) is 18.7 Å². The summed E-state index contributed by atoms with van der Waals surface area (Å²) in [7, 11) is 0. The molecule has 1 N–H and O–H groups in total. The van der Waals surface area contributed by atoms with E-state index in [-0.39, 0.29) is 5.91 Å². The SMILES string of the molecule is Cc1ccc(C(=O)Nc2ccc(N3CCCCCC3)cn2)cc1C. The first-order valence-corrected chi connectivity index (χ1v) is 8.73. The van der Waals surface area contributed by atoms with Crippen LogP contribution >= 0.6 is 0 Å². The molecule has 1 aliphatic rings. The minimum atomic E-state index is -0.117. The van der Waals surface area contributed by atoms with Crippen molar-refractivity contribution in [1.29, 1.82) is 0 Å². The molecule has 1 aliphatic heterocycles. The van der Waals surface area contributed by atoms with E-state index in [9.17, 15) is 4.79 Å². The van der Waals surface area contributed by atoms with Gasteiger partial charge in [-0.3, -0.25) is 4.79 Å². The van der Waals surface area contributed by atoms with Crippen LogP contribution in [-0.4, -0.2) is 24.0 Å². The van der Waals surface area contributed by atoms with E-state index in [1.807, 2.05) is 50.4 Å². The number of carbonyl (C=O) groups excluding carboxylic acids is 1. The second kappa shape index (κ2) is 7.47. The van der Waals surface area contributed by atoms with Crippen molar-refractivity contribution in [2.75, 3.05) is 23.3 Å². The van der Waals surface area contributed by atoms with Gasteiger partial charge in [0.2, 0.25) is 0 Å². The fourth-order valence-corrected chi connectivity index (χ4v) is 3.05. The Labute approximate surface area is 143 Å². The fourth-order valence-electron chi connectivity index (χ4n) is 3.05. The third kappa shape index (κ3) is 3.94. The summed E-state index contributed by atoms with van der Waals surface area (Å²) in [5.41, 5.74) is 4.11. The molecule has 1 aromatic heterocycles. The van der Waals surface area contributed by atoms with Gasteiger partial charge in [0.05, 0.1) is 11.9 Å². The summed E-state index contributed by atoms with van der Waals surface area (Å²) >= 11 is 0. The third-order valence-corrected chi connectivity index (χ3v) is 4.73. The zero-order valence-corrected chi connectivity index (χ0v) is 14.5. The van der Waals surface area contributed by atoms with E-state index in [0.29, 0.717) is 11.4 Å². The number of aromatic nitrogens is 1. The van der Waals surface area contributed by atoms with Crippen LogP contribution in [0.1, 0.15) is 47.2 Å². The Morgan fingerprint density at radius 1 is 1.00 bits per heavy atom. The molecule has 1 saturated heterocycles. The van der Waals surface area contributed by atoms with Gasteiger partial charge in [-0.1, -0.05) is 18.9 Å². The molecule has 0 radical (unpaired) electrons. The summed E-state index contributed by atoms with van der Waals surface area (Å²) < 4.78 is 0. The number of aryl methyl sites for hydroxylation is 2. The first kappa shape index (κ1) is 16.5. The van der Waals surface area contributed by atoms with E-state index < -0.39 is 0 Å². The van der Waals surface area contributed by atoms with Crippen molar-refractivity contribution in [1.82, 2.24) is 4.98 Å². The van der Waals surface area contributed by atoms with Crippen LogP contribution in [0.15, 0.2) is 36.5 Å². The first-order valence-electron chi connectivity index (χ1n) is 8.73. The Kier molecular flexibility index (Phi) is 5.14. The molecule has 1 amide bonds. The van der Waals surface area contributed by atoms with Crippen LogP contribution in [0, 0.1) is 13.8 Å². The molecule has 24 heavy (non-hydrogen) atoms. The second-order valence-corrected chi connectivity index (χ2v) is 6.56. The van der Waals surface area contributed by atoms with Crippen molar-refractivity contribution in [3.05, 3.63) is 53.2 Å². The maximum atomic E-state index is 12.3. The van der Waals surface area contributed by atoms with Crippen LogP contribution in [0.4, 0.5) is 11.5 Å². The van der Waals surface area contributed by atoms with Crippen LogP contribution in [0.2, 0.25) is 0 Å². The van der Waals surface area contributed by atoms with E-state index in [2.05, 4.69) is 15.2 Å². The molecule has 0 spiro atoms. The molecular weight excluding hydrogens is 298 g/mol. The van der Waals surface area contributed by atoms with Crippen molar-refractivity contribution >= 4 is 17.4 Å². The van der Waals surface area contributed by atoms with E-state index in [1.54, 1.807) is 0 Å². The largest absolute Gasteiger partial charge is 0.370 e. The summed E-state index contributed by atoms with van der Waals surface area (Å²) in [6, 6.07) is 9.67. The molecule has 0 unspecified atom stereocenters. The molecule has 4 heteroatoms. The molecule has 1 fully saturated rings. The van der Waals surface area contributed by atoms with E-state index >= 15 is 0 Å². The van der Waals surface area contributed by atoms with Gasteiger partial charge >= 0.3 is 0 Å². The molecule has 0 saturated carbocycles. The molecule has 4 nitrogen and oxygen atoms in total. The number of amides is 1. The van der Waals surface area contributed by atoms with Crippen molar-refractivity contribution in [3.8, 4) is 0 Å². The smallest absolute Gasteiger partial charge is 0.256 e. The minimum Gasteiger partial charge on any atom is -0.370 e. The highest BCUT2D eigenvalue weighted by Crippen LogP contribution is 2.20. The van der Waals surface area contributed by atoms with Crippen LogP contribution in [0.5, 0.6) is 0 Å². The topological polar surface area (TPSA) is 45.2 Å². The number of pyridine rings is 1. The van der Waals surface area contributed by atoms with Crippen molar-refractivity contribution < 1.29 is 4.79 Å². The number of benzene rings is 1. The highest BCUT2D eigenvalue weighted by Gasteiger charge is 2.11. The number of hydrogen-bond acceptors (Lipinski definition) is 3. The maximum absolute atomic E-state index is 12.3. The molecule has 1 aromatic carbocycles. The molecule has 2 aromatic rings. The molecule has 0 bridgehead atoms. The van der Waals surface area contributed by atoms with Gasteiger partial charge in [-0.2, -0.15) is 0 Å². The zero-order valence-electron chi connectivity index (χ0n) is 14.5. The number of carbonyl (C=O) groups is 1. The first-order chi connectivity index (χ1) is 11.6. The normalized spacial score (nSPS) is 15.0.